The van der Waals surface area contributed by atoms with E-state index in [1.165, 1.54) is 23.9 Å². The smallest absolute Gasteiger partial charge is 0.261 e. The predicted octanol–water partition coefficient (Wildman–Crippen LogP) is 4.34. The number of fused-ring (bicyclic) bond motifs is 1. The van der Waals surface area contributed by atoms with Crippen LogP contribution in [0.1, 0.15) is 12.5 Å². The Morgan fingerprint density at radius 3 is 2.38 bits per heavy atom. The van der Waals surface area contributed by atoms with Gasteiger partial charge in [0.25, 0.3) is 15.6 Å². The SMILES string of the molecule is CCc1ccc(-c2n[nH]c3cc(-c4ccc(S(=O)(=O)Nc5cccnc5)cc4)[nH]c(=O)c23)cc1. The average molecular weight is 472 g/mol. The van der Waals surface area contributed by atoms with Crippen LogP contribution in [0.4, 0.5) is 5.69 Å². The lowest BCUT2D eigenvalue weighted by atomic mass is 10.0. The van der Waals surface area contributed by atoms with Gasteiger partial charge in [-0.2, -0.15) is 5.10 Å². The summed E-state index contributed by atoms with van der Waals surface area (Å²) in [5.41, 5.74) is 4.59. The van der Waals surface area contributed by atoms with Gasteiger partial charge < -0.3 is 4.98 Å². The Morgan fingerprint density at radius 1 is 0.971 bits per heavy atom. The second kappa shape index (κ2) is 8.60. The van der Waals surface area contributed by atoms with Crippen LogP contribution in [0.3, 0.4) is 0 Å². The van der Waals surface area contributed by atoms with Gasteiger partial charge in [-0.25, -0.2) is 8.42 Å². The third kappa shape index (κ3) is 4.08. The maximum absolute atomic E-state index is 13.0. The lowest BCUT2D eigenvalue weighted by molar-refractivity contribution is 0.601. The van der Waals surface area contributed by atoms with E-state index >= 15 is 0 Å². The highest BCUT2D eigenvalue weighted by Crippen LogP contribution is 2.27. The maximum atomic E-state index is 13.0. The van der Waals surface area contributed by atoms with Crippen LogP contribution in [-0.4, -0.2) is 28.6 Å². The van der Waals surface area contributed by atoms with Crippen molar-refractivity contribution in [1.29, 1.82) is 0 Å². The van der Waals surface area contributed by atoms with Gasteiger partial charge in [0, 0.05) is 11.8 Å². The van der Waals surface area contributed by atoms with Gasteiger partial charge in [-0.3, -0.25) is 19.6 Å². The molecule has 0 aliphatic heterocycles. The first-order chi connectivity index (χ1) is 16.4. The summed E-state index contributed by atoms with van der Waals surface area (Å²) in [5.74, 6) is 0. The number of nitrogens with one attached hydrogen (secondary N) is 3. The number of pyridine rings is 2. The molecule has 170 valence electrons. The number of nitrogens with zero attached hydrogens (tertiary/aromatic N) is 2. The highest BCUT2D eigenvalue weighted by molar-refractivity contribution is 7.92. The van der Waals surface area contributed by atoms with Crippen molar-refractivity contribution in [1.82, 2.24) is 20.2 Å². The van der Waals surface area contributed by atoms with Crippen LogP contribution in [0.25, 0.3) is 33.4 Å². The van der Waals surface area contributed by atoms with Gasteiger partial charge in [0.15, 0.2) is 0 Å². The molecule has 3 aromatic heterocycles. The highest BCUT2D eigenvalue weighted by Gasteiger charge is 2.16. The van der Waals surface area contributed by atoms with Crippen LogP contribution in [0.15, 0.2) is 88.8 Å². The number of hydrogen-bond donors (Lipinski definition) is 3. The van der Waals surface area contributed by atoms with E-state index in [9.17, 15) is 13.2 Å². The lowest BCUT2D eigenvalue weighted by Gasteiger charge is -2.08. The minimum Gasteiger partial charge on any atom is -0.321 e. The molecule has 0 unspecified atom stereocenters. The molecule has 2 aromatic carbocycles. The summed E-state index contributed by atoms with van der Waals surface area (Å²) >= 11 is 0. The van der Waals surface area contributed by atoms with Crippen molar-refractivity contribution in [3.63, 3.8) is 0 Å². The van der Waals surface area contributed by atoms with Crippen molar-refractivity contribution >= 4 is 26.6 Å². The normalized spacial score (nSPS) is 11.6. The molecule has 0 fully saturated rings. The fraction of sp³-hybridized carbons (Fsp3) is 0.0800. The summed E-state index contributed by atoms with van der Waals surface area (Å²) in [6.45, 7) is 2.09. The number of H-pyrrole nitrogens is 2. The molecular formula is C25H21N5O3S. The van der Waals surface area contributed by atoms with Crippen molar-refractivity contribution in [2.75, 3.05) is 4.72 Å². The molecule has 3 N–H and O–H groups in total. The molecule has 5 aromatic rings. The first-order valence-electron chi connectivity index (χ1n) is 10.7. The molecule has 0 saturated heterocycles. The fourth-order valence-electron chi connectivity index (χ4n) is 3.77. The molecule has 0 aliphatic rings. The van der Waals surface area contributed by atoms with Crippen molar-refractivity contribution in [3.05, 3.63) is 95.0 Å². The third-order valence-electron chi connectivity index (χ3n) is 5.58. The molecule has 0 aliphatic carbocycles. The van der Waals surface area contributed by atoms with Gasteiger partial charge in [0.1, 0.15) is 5.69 Å². The number of rotatable bonds is 6. The number of aromatic nitrogens is 4. The summed E-state index contributed by atoms with van der Waals surface area (Å²) in [4.78, 5) is 19.9. The van der Waals surface area contributed by atoms with E-state index in [0.29, 0.717) is 33.5 Å². The lowest BCUT2D eigenvalue weighted by Crippen LogP contribution is -2.13. The molecule has 0 amide bonds. The first kappa shape index (κ1) is 21.6. The molecule has 0 radical (unpaired) electrons. The third-order valence-corrected chi connectivity index (χ3v) is 6.98. The number of aromatic amines is 2. The van der Waals surface area contributed by atoms with E-state index in [4.69, 9.17) is 0 Å². The molecule has 0 atom stereocenters. The van der Waals surface area contributed by atoms with Crippen LogP contribution in [0.5, 0.6) is 0 Å². The second-order valence-corrected chi connectivity index (χ2v) is 9.48. The Balaban J connectivity index is 1.46. The Morgan fingerprint density at radius 2 is 1.71 bits per heavy atom. The molecule has 0 bridgehead atoms. The molecule has 34 heavy (non-hydrogen) atoms. The number of aryl methyl sites for hydroxylation is 1. The van der Waals surface area contributed by atoms with Gasteiger partial charge in [0.2, 0.25) is 0 Å². The van der Waals surface area contributed by atoms with E-state index < -0.39 is 10.0 Å². The van der Waals surface area contributed by atoms with E-state index in [-0.39, 0.29) is 10.5 Å². The molecule has 0 spiro atoms. The number of benzene rings is 2. The zero-order valence-corrected chi connectivity index (χ0v) is 19.1. The minimum atomic E-state index is -3.77. The molecular weight excluding hydrogens is 450 g/mol. The van der Waals surface area contributed by atoms with Gasteiger partial charge in [-0.05, 0) is 47.9 Å². The molecule has 3 heterocycles. The quantitative estimate of drug-likeness (QED) is 0.340. The monoisotopic (exact) mass is 471 g/mol. The van der Waals surface area contributed by atoms with Crippen molar-refractivity contribution in [2.45, 2.75) is 18.2 Å². The summed E-state index contributed by atoms with van der Waals surface area (Å²) in [7, 11) is -3.77. The van der Waals surface area contributed by atoms with Crippen LogP contribution >= 0.6 is 0 Å². The molecule has 5 rings (SSSR count). The molecule has 8 nitrogen and oxygen atoms in total. The van der Waals surface area contributed by atoms with Gasteiger partial charge in [-0.1, -0.05) is 43.3 Å². The Bertz CT molecular complexity index is 1620. The fourth-order valence-corrected chi connectivity index (χ4v) is 4.81. The van der Waals surface area contributed by atoms with E-state index in [1.807, 2.05) is 24.3 Å². The van der Waals surface area contributed by atoms with E-state index in [2.05, 4.69) is 31.8 Å². The van der Waals surface area contributed by atoms with Crippen LogP contribution < -0.4 is 10.3 Å². The number of anilines is 1. The van der Waals surface area contributed by atoms with E-state index in [1.54, 1.807) is 36.5 Å². The van der Waals surface area contributed by atoms with Crippen LogP contribution in [-0.2, 0) is 16.4 Å². The summed E-state index contributed by atoms with van der Waals surface area (Å²) in [6, 6.07) is 19.3. The summed E-state index contributed by atoms with van der Waals surface area (Å²) in [5, 5.41) is 7.79. The van der Waals surface area contributed by atoms with Crippen LogP contribution in [0.2, 0.25) is 0 Å². The maximum Gasteiger partial charge on any atom is 0.261 e. The summed E-state index contributed by atoms with van der Waals surface area (Å²) in [6.07, 6.45) is 3.93. The van der Waals surface area contributed by atoms with Gasteiger partial charge in [-0.15, -0.1) is 0 Å². The van der Waals surface area contributed by atoms with Crippen molar-refractivity contribution in [2.24, 2.45) is 0 Å². The van der Waals surface area contributed by atoms with E-state index in [0.717, 1.165) is 12.0 Å². The number of sulfonamides is 1. The Kier molecular flexibility index (Phi) is 5.46. The van der Waals surface area contributed by atoms with Crippen molar-refractivity contribution < 1.29 is 8.42 Å². The largest absolute Gasteiger partial charge is 0.321 e. The second-order valence-electron chi connectivity index (χ2n) is 7.80. The molecule has 9 heteroatoms. The van der Waals surface area contributed by atoms with Gasteiger partial charge in [0.05, 0.1) is 33.4 Å². The average Bonchev–Trinajstić information content (AvgIpc) is 3.29. The zero-order valence-electron chi connectivity index (χ0n) is 18.2. The minimum absolute atomic E-state index is 0.0999. The number of hydrogen-bond acceptors (Lipinski definition) is 5. The topological polar surface area (TPSA) is 121 Å². The summed E-state index contributed by atoms with van der Waals surface area (Å²) < 4.78 is 27.8. The zero-order chi connectivity index (χ0) is 23.7. The predicted molar refractivity (Wildman–Crippen MR) is 132 cm³/mol. The standard InChI is InChI=1S/C25H21N5O3S/c1-2-16-5-7-18(8-6-16)24-23-22(28-29-24)14-21(27-25(23)31)17-9-11-20(12-10-17)34(32,33)30-19-4-3-13-26-15-19/h3-15,30H,2H2,1H3,(H,27,31)(H,28,29). The Labute approximate surface area is 195 Å². The Hall–Kier alpha value is -4.24. The highest BCUT2D eigenvalue weighted by atomic mass is 32.2. The van der Waals surface area contributed by atoms with Gasteiger partial charge >= 0.3 is 0 Å². The first-order valence-corrected chi connectivity index (χ1v) is 12.2. The van der Waals surface area contributed by atoms with Crippen LogP contribution in [0, 0.1) is 0 Å². The molecule has 0 saturated carbocycles. The van der Waals surface area contributed by atoms with Crippen molar-refractivity contribution in [3.8, 4) is 22.5 Å².